The van der Waals surface area contributed by atoms with Crippen molar-refractivity contribution in [1.82, 2.24) is 14.9 Å². The molecule has 0 amide bonds. The first kappa shape index (κ1) is 21.4. The Hall–Kier alpha value is -3.31. The van der Waals surface area contributed by atoms with E-state index in [1.807, 2.05) is 0 Å². The molecule has 1 aromatic heterocycles. The number of hydrogen-bond acceptors (Lipinski definition) is 10. The summed E-state index contributed by atoms with van der Waals surface area (Å²) in [6, 6.07) is 6.01. The average molecular weight is 417 g/mol. The monoisotopic (exact) mass is 417 g/mol. The number of aromatic nitrogens is 2. The number of benzene rings is 1. The van der Waals surface area contributed by atoms with Crippen molar-refractivity contribution in [2.24, 2.45) is 0 Å². The molecule has 1 aromatic carbocycles. The molecule has 0 spiro atoms. The highest BCUT2D eigenvalue weighted by Crippen LogP contribution is 2.34. The van der Waals surface area contributed by atoms with Crippen LogP contribution in [0.25, 0.3) is 0 Å². The lowest BCUT2D eigenvalue weighted by molar-refractivity contribution is -0.385. The normalized spacial score (nSPS) is 14.2. The van der Waals surface area contributed by atoms with Crippen LogP contribution in [-0.2, 0) is 9.47 Å². The van der Waals surface area contributed by atoms with Crippen molar-refractivity contribution in [3.63, 3.8) is 0 Å². The van der Waals surface area contributed by atoms with E-state index >= 15 is 0 Å². The van der Waals surface area contributed by atoms with Crippen LogP contribution in [0, 0.1) is 10.1 Å². The van der Waals surface area contributed by atoms with E-state index in [1.54, 1.807) is 0 Å². The molecule has 2 heterocycles. The van der Waals surface area contributed by atoms with E-state index in [2.05, 4.69) is 24.9 Å². The van der Waals surface area contributed by atoms with Gasteiger partial charge in [-0.25, -0.2) is 9.78 Å². The number of esters is 1. The Balaban J connectivity index is 1.65. The number of carbonyl (C=O) groups excluding carboxylic acids is 1. The first-order valence-electron chi connectivity index (χ1n) is 9.48. The molecule has 0 aliphatic carbocycles. The minimum atomic E-state index is -0.581. The van der Waals surface area contributed by atoms with Gasteiger partial charge in [-0.3, -0.25) is 15.0 Å². The van der Waals surface area contributed by atoms with Gasteiger partial charge in [-0.1, -0.05) is 0 Å². The molecule has 160 valence electrons. The Bertz CT molecular complexity index is 870. The van der Waals surface area contributed by atoms with Crippen molar-refractivity contribution < 1.29 is 23.9 Å². The lowest BCUT2D eigenvalue weighted by Crippen LogP contribution is -2.37. The van der Waals surface area contributed by atoms with Crippen LogP contribution < -0.4 is 10.1 Å². The number of nitrogens with zero attached hydrogens (tertiary/aromatic N) is 4. The highest BCUT2D eigenvalue weighted by Gasteiger charge is 2.25. The van der Waals surface area contributed by atoms with E-state index in [0.29, 0.717) is 17.9 Å². The van der Waals surface area contributed by atoms with Crippen LogP contribution in [0.4, 0.5) is 11.5 Å². The number of morpholine rings is 1. The van der Waals surface area contributed by atoms with Gasteiger partial charge < -0.3 is 19.5 Å². The van der Waals surface area contributed by atoms with Crippen LogP contribution in [-0.4, -0.2) is 72.3 Å². The molecule has 1 aliphatic rings. The van der Waals surface area contributed by atoms with Crippen LogP contribution in [0.2, 0.25) is 0 Å². The van der Waals surface area contributed by atoms with Crippen molar-refractivity contribution in [3.8, 4) is 11.6 Å². The fourth-order valence-corrected chi connectivity index (χ4v) is 2.95. The Morgan fingerprint density at radius 2 is 2.00 bits per heavy atom. The smallest absolute Gasteiger partial charge is 0.373 e. The number of rotatable bonds is 9. The zero-order chi connectivity index (χ0) is 21.3. The van der Waals surface area contributed by atoms with Gasteiger partial charge >= 0.3 is 17.5 Å². The summed E-state index contributed by atoms with van der Waals surface area (Å²) in [4.78, 5) is 32.7. The van der Waals surface area contributed by atoms with Crippen molar-refractivity contribution >= 4 is 17.5 Å². The van der Waals surface area contributed by atoms with Gasteiger partial charge in [0.15, 0.2) is 0 Å². The summed E-state index contributed by atoms with van der Waals surface area (Å²) >= 11 is 0. The summed E-state index contributed by atoms with van der Waals surface area (Å²) in [5, 5.41) is 14.6. The third-order valence-corrected chi connectivity index (χ3v) is 4.51. The molecule has 30 heavy (non-hydrogen) atoms. The second-order valence-electron chi connectivity index (χ2n) is 6.49. The van der Waals surface area contributed by atoms with Gasteiger partial charge in [0.1, 0.15) is 12.1 Å². The second-order valence-corrected chi connectivity index (χ2v) is 6.49. The first-order valence-corrected chi connectivity index (χ1v) is 9.48. The van der Waals surface area contributed by atoms with Crippen molar-refractivity contribution in [3.05, 3.63) is 46.3 Å². The van der Waals surface area contributed by atoms with E-state index < -0.39 is 10.9 Å². The van der Waals surface area contributed by atoms with Crippen molar-refractivity contribution in [2.75, 3.05) is 51.8 Å². The van der Waals surface area contributed by atoms with Crippen LogP contribution in [0.1, 0.15) is 16.8 Å². The number of nitrogens with one attached hydrogen (secondary N) is 1. The van der Waals surface area contributed by atoms with Gasteiger partial charge in [0.25, 0.3) is 0 Å². The maximum absolute atomic E-state index is 11.6. The summed E-state index contributed by atoms with van der Waals surface area (Å²) in [5.41, 5.74) is -0.00872. The number of carbonyl (C=O) groups is 1. The van der Waals surface area contributed by atoms with Gasteiger partial charge in [-0.05, 0) is 37.2 Å². The molecular weight excluding hydrogens is 394 g/mol. The van der Waals surface area contributed by atoms with E-state index in [9.17, 15) is 14.9 Å². The quantitative estimate of drug-likeness (QED) is 0.280. The summed E-state index contributed by atoms with van der Waals surface area (Å²) in [6.45, 7) is 4.62. The number of methoxy groups -OCH3 is 1. The third kappa shape index (κ3) is 5.61. The van der Waals surface area contributed by atoms with Gasteiger partial charge in [0.05, 0.1) is 30.8 Å². The Morgan fingerprint density at radius 3 is 2.67 bits per heavy atom. The molecule has 0 unspecified atom stereocenters. The molecule has 1 saturated heterocycles. The maximum Gasteiger partial charge on any atom is 0.373 e. The highest BCUT2D eigenvalue weighted by molar-refractivity contribution is 5.89. The van der Waals surface area contributed by atoms with E-state index in [0.717, 1.165) is 39.3 Å². The highest BCUT2D eigenvalue weighted by atomic mass is 16.6. The minimum Gasteiger partial charge on any atom is -0.465 e. The number of hydrogen-bond donors (Lipinski definition) is 1. The molecule has 0 radical (unpaired) electrons. The summed E-state index contributed by atoms with van der Waals surface area (Å²) in [7, 11) is 1.28. The van der Waals surface area contributed by atoms with Crippen LogP contribution in [0.5, 0.6) is 11.6 Å². The number of ether oxygens (including phenoxy) is 3. The van der Waals surface area contributed by atoms with Gasteiger partial charge in [0, 0.05) is 19.6 Å². The van der Waals surface area contributed by atoms with E-state index in [1.165, 1.54) is 37.7 Å². The number of nitro groups is 1. The third-order valence-electron chi connectivity index (χ3n) is 4.51. The zero-order valence-electron chi connectivity index (χ0n) is 16.6. The SMILES string of the molecule is COC(=O)c1ccc(Oc2ncnc(NCCCN3CCOCC3)c2[N+](=O)[O-])cc1. The first-order chi connectivity index (χ1) is 14.6. The fraction of sp³-hybridized carbons (Fsp3) is 0.421. The molecule has 0 bridgehead atoms. The van der Waals surface area contributed by atoms with Crippen LogP contribution in [0.3, 0.4) is 0 Å². The predicted octanol–water partition coefficient (Wildman–Crippen LogP) is 2.10. The lowest BCUT2D eigenvalue weighted by atomic mass is 10.2. The van der Waals surface area contributed by atoms with Crippen molar-refractivity contribution in [1.29, 1.82) is 0 Å². The van der Waals surface area contributed by atoms with Gasteiger partial charge in [-0.2, -0.15) is 4.98 Å². The molecular formula is C19H23N5O6. The second kappa shape index (κ2) is 10.5. The standard InChI is InChI=1S/C19H23N5O6/c1-28-19(25)14-3-5-15(6-4-14)30-18-16(24(26)27)17(21-13-22-18)20-7-2-8-23-9-11-29-12-10-23/h3-6,13H,2,7-12H2,1H3,(H,20,21,22). The number of anilines is 1. The topological polar surface area (TPSA) is 129 Å². The molecule has 1 aliphatic heterocycles. The summed E-state index contributed by atoms with van der Waals surface area (Å²) in [5.74, 6) is -0.282. The molecule has 1 N–H and O–H groups in total. The molecule has 11 heteroatoms. The summed E-state index contributed by atoms with van der Waals surface area (Å²) < 4.78 is 15.5. The van der Waals surface area contributed by atoms with Gasteiger partial charge in [-0.15, -0.1) is 0 Å². The Kier molecular flexibility index (Phi) is 7.46. The van der Waals surface area contributed by atoms with Gasteiger partial charge in [0.2, 0.25) is 5.82 Å². The Labute approximate surface area is 173 Å². The largest absolute Gasteiger partial charge is 0.465 e. The molecule has 1 fully saturated rings. The van der Waals surface area contributed by atoms with Crippen molar-refractivity contribution in [2.45, 2.75) is 6.42 Å². The average Bonchev–Trinajstić information content (AvgIpc) is 2.77. The molecule has 2 aromatic rings. The molecule has 0 saturated carbocycles. The van der Waals surface area contributed by atoms with E-state index in [-0.39, 0.29) is 17.4 Å². The minimum absolute atomic E-state index is 0.0955. The summed E-state index contributed by atoms with van der Waals surface area (Å²) in [6.07, 6.45) is 2.00. The lowest BCUT2D eigenvalue weighted by Gasteiger charge is -2.26. The predicted molar refractivity (Wildman–Crippen MR) is 107 cm³/mol. The molecule has 0 atom stereocenters. The Morgan fingerprint density at radius 1 is 1.27 bits per heavy atom. The fourth-order valence-electron chi connectivity index (χ4n) is 2.95. The zero-order valence-corrected chi connectivity index (χ0v) is 16.6. The maximum atomic E-state index is 11.6. The molecule has 11 nitrogen and oxygen atoms in total. The molecule has 3 rings (SSSR count). The van der Waals surface area contributed by atoms with E-state index in [4.69, 9.17) is 9.47 Å². The van der Waals surface area contributed by atoms with Crippen LogP contribution >= 0.6 is 0 Å². The van der Waals surface area contributed by atoms with Crippen LogP contribution in [0.15, 0.2) is 30.6 Å².